The zero-order valence-electron chi connectivity index (χ0n) is 26.9. The summed E-state index contributed by atoms with van der Waals surface area (Å²) in [5, 5.41) is 0. The van der Waals surface area contributed by atoms with Crippen molar-refractivity contribution in [2.45, 2.75) is 155 Å². The van der Waals surface area contributed by atoms with Crippen LogP contribution in [0.15, 0.2) is 0 Å². The summed E-state index contributed by atoms with van der Waals surface area (Å²) in [4.78, 5) is 11.7. The zero-order chi connectivity index (χ0) is 29.0. The number of hydrogen-bond acceptors (Lipinski definition) is 6. The average Bonchev–Trinajstić information content (AvgIpc) is 2.96. The Hall–Kier alpha value is -0.690. The molecule has 0 unspecified atom stereocenters. The van der Waals surface area contributed by atoms with Gasteiger partial charge >= 0.3 is 5.97 Å². The van der Waals surface area contributed by atoms with Gasteiger partial charge in [0.05, 0.1) is 46.2 Å². The molecule has 0 fully saturated rings. The lowest BCUT2D eigenvalue weighted by Crippen LogP contribution is -2.14. The third-order valence-corrected chi connectivity index (χ3v) is 7.23. The summed E-state index contributed by atoms with van der Waals surface area (Å²) < 4.78 is 27.4. The molecule has 40 heavy (non-hydrogen) atoms. The maximum absolute atomic E-state index is 11.7. The molecule has 0 aliphatic heterocycles. The number of rotatable bonds is 35. The van der Waals surface area contributed by atoms with E-state index >= 15 is 0 Å². The maximum Gasteiger partial charge on any atom is 0.305 e. The highest BCUT2D eigenvalue weighted by Gasteiger charge is 2.02. The fourth-order valence-electron chi connectivity index (χ4n) is 4.67. The molecule has 0 aliphatic rings. The standard InChI is InChI=1S/C34H68O6/c1-3-5-7-9-11-12-13-14-15-16-17-19-21-23-25-36-26-27-37-28-29-38-30-31-39-32-33-40-34(35)24-22-20-18-10-8-6-4-2/h3-33H2,1-2H3. The van der Waals surface area contributed by atoms with E-state index in [1.807, 2.05) is 0 Å². The first-order valence-corrected chi connectivity index (χ1v) is 17.3. The van der Waals surface area contributed by atoms with Crippen molar-refractivity contribution in [2.24, 2.45) is 0 Å². The first-order chi connectivity index (χ1) is 19.8. The van der Waals surface area contributed by atoms with Crippen LogP contribution < -0.4 is 0 Å². The third kappa shape index (κ3) is 35.3. The molecule has 0 heterocycles. The number of carbonyl (C=O) groups is 1. The van der Waals surface area contributed by atoms with Crippen LogP contribution >= 0.6 is 0 Å². The first-order valence-electron chi connectivity index (χ1n) is 17.3. The molecule has 6 nitrogen and oxygen atoms in total. The van der Waals surface area contributed by atoms with E-state index in [1.54, 1.807) is 0 Å². The van der Waals surface area contributed by atoms with Crippen LogP contribution in [-0.4, -0.2) is 65.4 Å². The number of carbonyl (C=O) groups excluding carboxylic acids is 1. The smallest absolute Gasteiger partial charge is 0.305 e. The lowest BCUT2D eigenvalue weighted by Gasteiger charge is -2.08. The SMILES string of the molecule is CCCCCCCCCCCCCCCCOCCOCCOCCOCCOC(=O)CCCCCCCCC. The van der Waals surface area contributed by atoms with Crippen LogP contribution in [0.3, 0.4) is 0 Å². The van der Waals surface area contributed by atoms with E-state index in [2.05, 4.69) is 13.8 Å². The molecule has 0 aliphatic carbocycles. The lowest BCUT2D eigenvalue weighted by molar-refractivity contribution is -0.145. The number of ether oxygens (including phenoxy) is 5. The average molecular weight is 573 g/mol. The highest BCUT2D eigenvalue weighted by Crippen LogP contribution is 2.13. The van der Waals surface area contributed by atoms with Gasteiger partial charge in [-0.2, -0.15) is 0 Å². The Morgan fingerprint density at radius 2 is 0.650 bits per heavy atom. The van der Waals surface area contributed by atoms with Gasteiger partial charge in [0.15, 0.2) is 0 Å². The van der Waals surface area contributed by atoms with Crippen molar-refractivity contribution in [1.29, 1.82) is 0 Å². The highest BCUT2D eigenvalue weighted by molar-refractivity contribution is 5.69. The largest absolute Gasteiger partial charge is 0.463 e. The summed E-state index contributed by atoms with van der Waals surface area (Å²) in [6.45, 7) is 9.48. The second-order valence-electron chi connectivity index (χ2n) is 11.1. The number of hydrogen-bond donors (Lipinski definition) is 0. The molecule has 0 atom stereocenters. The van der Waals surface area contributed by atoms with E-state index in [9.17, 15) is 4.79 Å². The molecule has 0 rings (SSSR count). The van der Waals surface area contributed by atoms with Crippen molar-refractivity contribution in [3.63, 3.8) is 0 Å². The lowest BCUT2D eigenvalue weighted by atomic mass is 10.0. The Morgan fingerprint density at radius 3 is 1.05 bits per heavy atom. The van der Waals surface area contributed by atoms with E-state index in [0.717, 1.165) is 25.9 Å². The van der Waals surface area contributed by atoms with Gasteiger partial charge in [-0.25, -0.2) is 0 Å². The fourth-order valence-corrected chi connectivity index (χ4v) is 4.67. The summed E-state index contributed by atoms with van der Waals surface area (Å²) in [7, 11) is 0. The Balaban J connectivity index is 3.09. The molecule has 0 aromatic rings. The second kappa shape index (κ2) is 36.3. The van der Waals surface area contributed by atoms with Gasteiger partial charge in [-0.15, -0.1) is 0 Å². The minimum absolute atomic E-state index is 0.117. The summed E-state index contributed by atoms with van der Waals surface area (Å²) >= 11 is 0. The molecule has 6 heteroatoms. The van der Waals surface area contributed by atoms with Gasteiger partial charge in [0.2, 0.25) is 0 Å². The van der Waals surface area contributed by atoms with Crippen LogP contribution in [0.25, 0.3) is 0 Å². The summed E-state index contributed by atoms with van der Waals surface area (Å²) in [6.07, 6.45) is 28.2. The van der Waals surface area contributed by atoms with E-state index in [-0.39, 0.29) is 5.97 Å². The summed E-state index contributed by atoms with van der Waals surface area (Å²) in [5.41, 5.74) is 0. The molecule has 0 radical (unpaired) electrons. The van der Waals surface area contributed by atoms with Gasteiger partial charge in [-0.1, -0.05) is 136 Å². The topological polar surface area (TPSA) is 63.2 Å². The number of esters is 1. The van der Waals surface area contributed by atoms with Crippen LogP contribution in [0, 0.1) is 0 Å². The van der Waals surface area contributed by atoms with Gasteiger partial charge in [-0.3, -0.25) is 4.79 Å². The minimum Gasteiger partial charge on any atom is -0.463 e. The van der Waals surface area contributed by atoms with Gasteiger partial charge in [-0.05, 0) is 12.8 Å². The van der Waals surface area contributed by atoms with Crippen LogP contribution in [0.2, 0.25) is 0 Å². The predicted octanol–water partition coefficient (Wildman–Crippen LogP) is 9.22. The maximum atomic E-state index is 11.7. The molecule has 0 saturated carbocycles. The summed E-state index contributed by atoms with van der Waals surface area (Å²) in [5.74, 6) is -0.117. The van der Waals surface area contributed by atoms with Crippen LogP contribution in [0.5, 0.6) is 0 Å². The molecule has 0 N–H and O–H groups in total. The molecule has 0 aromatic heterocycles. The molecule has 0 spiro atoms. The fraction of sp³-hybridized carbons (Fsp3) is 0.971. The monoisotopic (exact) mass is 573 g/mol. The quantitative estimate of drug-likeness (QED) is 0.0557. The van der Waals surface area contributed by atoms with Gasteiger partial charge in [0, 0.05) is 13.0 Å². The molecule has 240 valence electrons. The number of unbranched alkanes of at least 4 members (excludes halogenated alkanes) is 19. The van der Waals surface area contributed by atoms with E-state index in [0.29, 0.717) is 59.3 Å². The Bertz CT molecular complexity index is 473. The Kier molecular flexibility index (Phi) is 35.7. The van der Waals surface area contributed by atoms with E-state index in [4.69, 9.17) is 23.7 Å². The van der Waals surface area contributed by atoms with Crippen molar-refractivity contribution in [3.05, 3.63) is 0 Å². The van der Waals surface area contributed by atoms with Crippen LogP contribution in [0.4, 0.5) is 0 Å². The van der Waals surface area contributed by atoms with Crippen molar-refractivity contribution in [2.75, 3.05) is 59.5 Å². The van der Waals surface area contributed by atoms with Crippen molar-refractivity contribution < 1.29 is 28.5 Å². The van der Waals surface area contributed by atoms with E-state index in [1.165, 1.54) is 116 Å². The van der Waals surface area contributed by atoms with E-state index < -0.39 is 0 Å². The van der Waals surface area contributed by atoms with Crippen molar-refractivity contribution in [3.8, 4) is 0 Å². The minimum atomic E-state index is -0.117. The predicted molar refractivity (Wildman–Crippen MR) is 167 cm³/mol. The van der Waals surface area contributed by atoms with Crippen molar-refractivity contribution in [1.82, 2.24) is 0 Å². The zero-order valence-corrected chi connectivity index (χ0v) is 26.9. The second-order valence-corrected chi connectivity index (χ2v) is 11.1. The van der Waals surface area contributed by atoms with Gasteiger partial charge in [0.25, 0.3) is 0 Å². The molecule has 0 amide bonds. The third-order valence-electron chi connectivity index (χ3n) is 7.23. The van der Waals surface area contributed by atoms with Crippen LogP contribution in [0.1, 0.15) is 155 Å². The molecular weight excluding hydrogens is 504 g/mol. The first kappa shape index (κ1) is 39.3. The van der Waals surface area contributed by atoms with Gasteiger partial charge < -0.3 is 23.7 Å². The summed E-state index contributed by atoms with van der Waals surface area (Å²) in [6, 6.07) is 0. The molecule has 0 saturated heterocycles. The Morgan fingerprint density at radius 1 is 0.350 bits per heavy atom. The van der Waals surface area contributed by atoms with Crippen molar-refractivity contribution >= 4 is 5.97 Å². The normalized spacial score (nSPS) is 11.3. The Labute approximate surface area is 249 Å². The molecular formula is C34H68O6. The van der Waals surface area contributed by atoms with Gasteiger partial charge in [0.1, 0.15) is 6.61 Å². The molecule has 0 bridgehead atoms. The van der Waals surface area contributed by atoms with Crippen LogP contribution in [-0.2, 0) is 28.5 Å². The molecule has 0 aromatic carbocycles. The highest BCUT2D eigenvalue weighted by atomic mass is 16.6.